The number of fused-ring (bicyclic) bond motifs is 1. The van der Waals surface area contributed by atoms with E-state index in [0.717, 1.165) is 17.8 Å². The number of nitrogens with zero attached hydrogens (tertiary/aromatic N) is 1. The summed E-state index contributed by atoms with van der Waals surface area (Å²) >= 11 is 0. The van der Waals surface area contributed by atoms with E-state index >= 15 is 0 Å². The lowest BCUT2D eigenvalue weighted by molar-refractivity contribution is -0.137. The largest absolute Gasteiger partial charge is 0.481 e. The molecule has 0 radical (unpaired) electrons. The van der Waals surface area contributed by atoms with Gasteiger partial charge in [-0.15, -0.1) is 0 Å². The molecule has 0 spiro atoms. The van der Waals surface area contributed by atoms with Gasteiger partial charge in [0.25, 0.3) is 0 Å². The number of para-hydroxylation sites is 1. The van der Waals surface area contributed by atoms with Crippen LogP contribution >= 0.6 is 0 Å². The smallest absolute Gasteiger partial charge is 0.321 e. The van der Waals surface area contributed by atoms with E-state index in [-0.39, 0.29) is 18.4 Å². The second-order valence-corrected chi connectivity index (χ2v) is 5.59. The standard InChI is InChI=1S/C15H18N2O3/c18-14(19)7-11-9-17(13-4-2-1-3-12(11)13)15(20)16-8-10-5-6-10/h1-4,10-11H,5-9H2,(H,16,20)(H,18,19). The Labute approximate surface area is 117 Å². The van der Waals surface area contributed by atoms with Crippen LogP contribution in [-0.2, 0) is 4.79 Å². The Morgan fingerprint density at radius 2 is 2.05 bits per heavy atom. The summed E-state index contributed by atoms with van der Waals surface area (Å²) in [7, 11) is 0. The first-order valence-electron chi connectivity index (χ1n) is 7.01. The predicted molar refractivity (Wildman–Crippen MR) is 74.9 cm³/mol. The molecule has 2 aliphatic rings. The van der Waals surface area contributed by atoms with E-state index in [1.165, 1.54) is 12.8 Å². The van der Waals surface area contributed by atoms with Gasteiger partial charge in [0.1, 0.15) is 0 Å². The molecular weight excluding hydrogens is 256 g/mol. The molecule has 1 unspecified atom stereocenters. The molecule has 1 aromatic rings. The van der Waals surface area contributed by atoms with Gasteiger partial charge in [-0.1, -0.05) is 18.2 Å². The fourth-order valence-corrected chi connectivity index (χ4v) is 2.72. The maximum atomic E-state index is 12.2. The van der Waals surface area contributed by atoms with Crippen LogP contribution in [0.15, 0.2) is 24.3 Å². The second kappa shape index (κ2) is 5.15. The van der Waals surface area contributed by atoms with Crippen molar-refractivity contribution < 1.29 is 14.7 Å². The average molecular weight is 274 g/mol. The number of carboxylic acids is 1. The zero-order valence-electron chi connectivity index (χ0n) is 11.2. The molecule has 1 heterocycles. The van der Waals surface area contributed by atoms with Gasteiger partial charge in [0.2, 0.25) is 0 Å². The van der Waals surface area contributed by atoms with Crippen LogP contribution in [0.2, 0.25) is 0 Å². The Bertz CT molecular complexity index is 540. The van der Waals surface area contributed by atoms with Crippen LogP contribution in [0.25, 0.3) is 0 Å². The second-order valence-electron chi connectivity index (χ2n) is 5.59. The number of nitrogens with one attached hydrogen (secondary N) is 1. The molecule has 0 aromatic heterocycles. The van der Waals surface area contributed by atoms with Gasteiger partial charge >= 0.3 is 12.0 Å². The normalized spacial score (nSPS) is 20.6. The first-order valence-corrected chi connectivity index (χ1v) is 7.01. The zero-order valence-corrected chi connectivity index (χ0v) is 11.2. The lowest BCUT2D eigenvalue weighted by Gasteiger charge is -2.18. The minimum Gasteiger partial charge on any atom is -0.481 e. The summed E-state index contributed by atoms with van der Waals surface area (Å²) in [6.07, 6.45) is 2.44. The van der Waals surface area contributed by atoms with Crippen molar-refractivity contribution in [2.24, 2.45) is 5.92 Å². The van der Waals surface area contributed by atoms with Crippen LogP contribution in [0.1, 0.15) is 30.7 Å². The first kappa shape index (κ1) is 13.0. The number of anilines is 1. The molecular formula is C15H18N2O3. The van der Waals surface area contributed by atoms with Crippen LogP contribution in [0, 0.1) is 5.92 Å². The van der Waals surface area contributed by atoms with Gasteiger partial charge in [-0.2, -0.15) is 0 Å². The van der Waals surface area contributed by atoms with Gasteiger partial charge in [-0.05, 0) is 30.4 Å². The van der Waals surface area contributed by atoms with Crippen molar-refractivity contribution in [1.82, 2.24) is 5.32 Å². The van der Waals surface area contributed by atoms with E-state index in [0.29, 0.717) is 12.5 Å². The van der Waals surface area contributed by atoms with Crippen molar-refractivity contribution in [2.45, 2.75) is 25.2 Å². The summed E-state index contributed by atoms with van der Waals surface area (Å²) in [4.78, 5) is 24.9. The van der Waals surface area contributed by atoms with Crippen LogP contribution in [0.3, 0.4) is 0 Å². The van der Waals surface area contributed by atoms with Crippen molar-refractivity contribution >= 4 is 17.7 Å². The number of hydrogen-bond acceptors (Lipinski definition) is 2. The summed E-state index contributed by atoms with van der Waals surface area (Å²) < 4.78 is 0. The number of rotatable bonds is 4. The van der Waals surface area contributed by atoms with Crippen molar-refractivity contribution in [3.8, 4) is 0 Å². The number of carboxylic acid groups (broad SMARTS) is 1. The fourth-order valence-electron chi connectivity index (χ4n) is 2.72. The Kier molecular flexibility index (Phi) is 3.34. The quantitative estimate of drug-likeness (QED) is 0.884. The van der Waals surface area contributed by atoms with Crippen molar-refractivity contribution in [1.29, 1.82) is 0 Å². The molecule has 2 N–H and O–H groups in total. The van der Waals surface area contributed by atoms with E-state index < -0.39 is 5.97 Å². The number of carbonyl (C=O) groups is 2. The molecule has 20 heavy (non-hydrogen) atoms. The number of benzene rings is 1. The van der Waals surface area contributed by atoms with Crippen molar-refractivity contribution in [3.63, 3.8) is 0 Å². The molecule has 2 amide bonds. The van der Waals surface area contributed by atoms with Crippen molar-refractivity contribution in [3.05, 3.63) is 29.8 Å². The number of urea groups is 1. The molecule has 1 aliphatic carbocycles. The van der Waals surface area contributed by atoms with E-state index in [1.54, 1.807) is 4.90 Å². The van der Waals surface area contributed by atoms with Gasteiger partial charge in [-0.3, -0.25) is 9.69 Å². The van der Waals surface area contributed by atoms with E-state index in [1.807, 2.05) is 24.3 Å². The first-order chi connectivity index (χ1) is 9.65. The van der Waals surface area contributed by atoms with Crippen LogP contribution < -0.4 is 10.2 Å². The lowest BCUT2D eigenvalue weighted by atomic mass is 9.98. The van der Waals surface area contributed by atoms with Crippen LogP contribution in [-0.4, -0.2) is 30.2 Å². The van der Waals surface area contributed by atoms with Gasteiger partial charge < -0.3 is 10.4 Å². The Hall–Kier alpha value is -2.04. The minimum atomic E-state index is -0.829. The fraction of sp³-hybridized carbons (Fsp3) is 0.467. The summed E-state index contributed by atoms with van der Waals surface area (Å²) in [6, 6.07) is 7.45. The number of carbonyl (C=O) groups excluding carboxylic acids is 1. The molecule has 5 nitrogen and oxygen atoms in total. The summed E-state index contributed by atoms with van der Waals surface area (Å²) in [6.45, 7) is 1.17. The number of aliphatic carboxylic acids is 1. The molecule has 1 aromatic carbocycles. The van der Waals surface area contributed by atoms with Crippen molar-refractivity contribution in [2.75, 3.05) is 18.0 Å². The zero-order chi connectivity index (χ0) is 14.1. The van der Waals surface area contributed by atoms with Crippen LogP contribution in [0.4, 0.5) is 10.5 Å². The third-order valence-electron chi connectivity index (χ3n) is 3.98. The van der Waals surface area contributed by atoms with Gasteiger partial charge in [-0.25, -0.2) is 4.79 Å². The Balaban J connectivity index is 1.75. The topological polar surface area (TPSA) is 69.6 Å². The molecule has 106 valence electrons. The lowest BCUT2D eigenvalue weighted by Crippen LogP contribution is -2.40. The third-order valence-corrected chi connectivity index (χ3v) is 3.98. The van der Waals surface area contributed by atoms with E-state index in [9.17, 15) is 9.59 Å². The summed E-state index contributed by atoms with van der Waals surface area (Å²) in [5.74, 6) is -0.313. The molecule has 1 aliphatic heterocycles. The third kappa shape index (κ3) is 2.61. The van der Waals surface area contributed by atoms with Gasteiger partial charge in [0.15, 0.2) is 0 Å². The molecule has 3 rings (SSSR count). The highest BCUT2D eigenvalue weighted by molar-refractivity contribution is 5.95. The molecule has 0 bridgehead atoms. The highest BCUT2D eigenvalue weighted by Gasteiger charge is 2.33. The number of hydrogen-bond donors (Lipinski definition) is 2. The Morgan fingerprint density at radius 1 is 1.30 bits per heavy atom. The van der Waals surface area contributed by atoms with E-state index in [2.05, 4.69) is 5.32 Å². The highest BCUT2D eigenvalue weighted by atomic mass is 16.4. The van der Waals surface area contributed by atoms with Crippen LogP contribution in [0.5, 0.6) is 0 Å². The number of amides is 2. The molecule has 1 atom stereocenters. The van der Waals surface area contributed by atoms with E-state index in [4.69, 9.17) is 5.11 Å². The maximum absolute atomic E-state index is 12.2. The molecule has 0 saturated heterocycles. The summed E-state index contributed by atoms with van der Waals surface area (Å²) in [5, 5.41) is 11.9. The highest BCUT2D eigenvalue weighted by Crippen LogP contribution is 2.38. The minimum absolute atomic E-state index is 0.0589. The monoisotopic (exact) mass is 274 g/mol. The molecule has 1 saturated carbocycles. The molecule has 1 fully saturated rings. The molecule has 5 heteroatoms. The predicted octanol–water partition coefficient (Wildman–Crippen LogP) is 2.18. The maximum Gasteiger partial charge on any atom is 0.321 e. The van der Waals surface area contributed by atoms with Gasteiger partial charge in [0.05, 0.1) is 6.42 Å². The average Bonchev–Trinajstić information content (AvgIpc) is 3.19. The summed E-state index contributed by atoms with van der Waals surface area (Å²) in [5.41, 5.74) is 1.79. The Morgan fingerprint density at radius 3 is 2.75 bits per heavy atom. The van der Waals surface area contributed by atoms with Gasteiger partial charge in [0, 0.05) is 24.7 Å². The SMILES string of the molecule is O=C(O)CC1CN(C(=O)NCC2CC2)c2ccccc21.